The molecule has 0 N–H and O–H groups in total. The largest absolute Gasteiger partial charge is 0.0925 e. The predicted octanol–water partition coefficient (Wildman–Crippen LogP) is 3.82. The van der Waals surface area contributed by atoms with E-state index in [1.165, 1.54) is 0 Å². The first-order valence-corrected chi connectivity index (χ1v) is 5.34. The van der Waals surface area contributed by atoms with Gasteiger partial charge in [0.05, 0.1) is 0 Å². The number of rotatable bonds is 5. The highest BCUT2D eigenvalue weighted by Gasteiger charge is 2.24. The van der Waals surface area contributed by atoms with Crippen molar-refractivity contribution in [1.82, 2.24) is 0 Å². The summed E-state index contributed by atoms with van der Waals surface area (Å²) in [5.74, 6) is 0.637. The minimum absolute atomic E-state index is 0.00502. The predicted molar refractivity (Wildman–Crippen MR) is 64.1 cm³/mol. The van der Waals surface area contributed by atoms with Gasteiger partial charge in [0.1, 0.15) is 0 Å². The van der Waals surface area contributed by atoms with Crippen molar-refractivity contribution in [3.8, 4) is 0 Å². The summed E-state index contributed by atoms with van der Waals surface area (Å²) in [5, 5.41) is 1.82. The molecule has 0 radical (unpaired) electrons. The lowest BCUT2D eigenvalue weighted by Gasteiger charge is -2.25. The van der Waals surface area contributed by atoms with Gasteiger partial charge in [-0.3, -0.25) is 0 Å². The quantitative estimate of drug-likeness (QED) is 0.622. The highest BCUT2D eigenvalue weighted by atomic mass is 32.1. The molecule has 0 heterocycles. The molecule has 0 spiro atoms. The molecule has 70 valence electrons. The molecular weight excluding hydrogens is 184 g/mol. The van der Waals surface area contributed by atoms with E-state index in [2.05, 4.69) is 27.7 Å². The number of thiocarbonyl (C=S) groups is 2. The molecule has 1 atom stereocenters. The Balaban J connectivity index is 4.32. The summed E-state index contributed by atoms with van der Waals surface area (Å²) in [6, 6.07) is 0. The summed E-state index contributed by atoms with van der Waals surface area (Å²) in [6.45, 7) is 8.64. The Morgan fingerprint density at radius 3 is 2.25 bits per heavy atom. The van der Waals surface area contributed by atoms with Crippen LogP contribution in [0.1, 0.15) is 40.5 Å². The Morgan fingerprint density at radius 2 is 2.00 bits per heavy atom. The topological polar surface area (TPSA) is 0 Å². The summed E-state index contributed by atoms with van der Waals surface area (Å²) < 4.78 is 0. The van der Waals surface area contributed by atoms with Gasteiger partial charge in [-0.25, -0.2) is 0 Å². The molecule has 12 heavy (non-hydrogen) atoms. The smallest absolute Gasteiger partial charge is 0.0269 e. The van der Waals surface area contributed by atoms with E-state index in [0.717, 1.165) is 17.7 Å². The normalized spacial score (nSPS) is 15.8. The minimum atomic E-state index is -0.00502. The zero-order valence-corrected chi connectivity index (χ0v) is 10.0. The second kappa shape index (κ2) is 5.03. The molecule has 0 aliphatic rings. The first-order valence-electron chi connectivity index (χ1n) is 4.46. The third-order valence-corrected chi connectivity index (χ3v) is 3.38. The van der Waals surface area contributed by atoms with Crippen molar-refractivity contribution >= 4 is 34.7 Å². The molecule has 1 unspecified atom stereocenters. The Bertz CT molecular complexity index is 173. The Morgan fingerprint density at radius 1 is 1.50 bits per heavy atom. The van der Waals surface area contributed by atoms with Gasteiger partial charge in [-0.15, -0.1) is 0 Å². The van der Waals surface area contributed by atoms with Gasteiger partial charge in [0.15, 0.2) is 0 Å². The molecule has 0 nitrogen and oxygen atoms in total. The molecule has 0 saturated carbocycles. The van der Waals surface area contributed by atoms with Crippen molar-refractivity contribution in [2.24, 2.45) is 11.3 Å². The lowest BCUT2D eigenvalue weighted by Crippen LogP contribution is -2.27. The molecule has 0 aliphatic carbocycles. The number of hydrogen-bond donors (Lipinski definition) is 0. The standard InChI is InChI=1S/C10H18S2/c1-5-10(4,7-11)9(12)6-8(2)3/h7-8H,5-6H2,1-4H3. The molecule has 0 aliphatic heterocycles. The fourth-order valence-electron chi connectivity index (χ4n) is 0.950. The second-order valence-electron chi connectivity index (χ2n) is 3.91. The van der Waals surface area contributed by atoms with Gasteiger partial charge in [-0.2, -0.15) is 0 Å². The fourth-order valence-corrected chi connectivity index (χ4v) is 1.87. The van der Waals surface area contributed by atoms with Gasteiger partial charge in [-0.05, 0) is 24.1 Å². The third-order valence-electron chi connectivity index (χ3n) is 2.23. The second-order valence-corrected chi connectivity index (χ2v) is 4.64. The maximum atomic E-state index is 5.37. The van der Waals surface area contributed by atoms with Crippen LogP contribution in [0.5, 0.6) is 0 Å². The van der Waals surface area contributed by atoms with Gasteiger partial charge in [0, 0.05) is 10.3 Å². The van der Waals surface area contributed by atoms with Crippen LogP contribution in [0.15, 0.2) is 0 Å². The molecule has 0 aromatic carbocycles. The van der Waals surface area contributed by atoms with E-state index in [-0.39, 0.29) is 5.41 Å². The molecule has 0 bridgehead atoms. The molecule has 2 heteroatoms. The summed E-state index contributed by atoms with van der Waals surface area (Å²) in [5.41, 5.74) is -0.00502. The summed E-state index contributed by atoms with van der Waals surface area (Å²) in [6.07, 6.45) is 2.02. The van der Waals surface area contributed by atoms with Crippen LogP contribution in [0, 0.1) is 11.3 Å². The molecule has 0 rings (SSSR count). The summed E-state index contributed by atoms with van der Waals surface area (Å²) in [4.78, 5) is 1.11. The average Bonchev–Trinajstić information content (AvgIpc) is 2.02. The van der Waals surface area contributed by atoms with Crippen LogP contribution in [0.2, 0.25) is 0 Å². The minimum Gasteiger partial charge on any atom is -0.0925 e. The Kier molecular flexibility index (Phi) is 5.10. The Hall–Kier alpha value is 0.180. The van der Waals surface area contributed by atoms with Crippen LogP contribution in [0.4, 0.5) is 0 Å². The van der Waals surface area contributed by atoms with Gasteiger partial charge in [0.2, 0.25) is 0 Å². The molecule has 0 fully saturated rings. The molecular formula is C10H18S2. The van der Waals surface area contributed by atoms with Crippen molar-refractivity contribution in [2.75, 3.05) is 0 Å². The third kappa shape index (κ3) is 3.28. The van der Waals surface area contributed by atoms with Gasteiger partial charge in [0.25, 0.3) is 0 Å². The van der Waals surface area contributed by atoms with Crippen molar-refractivity contribution in [3.05, 3.63) is 0 Å². The van der Waals surface area contributed by atoms with E-state index < -0.39 is 0 Å². The van der Waals surface area contributed by atoms with Crippen LogP contribution in [-0.2, 0) is 0 Å². The fraction of sp³-hybridized carbons (Fsp3) is 0.800. The molecule has 0 saturated heterocycles. The van der Waals surface area contributed by atoms with Crippen molar-refractivity contribution in [1.29, 1.82) is 0 Å². The van der Waals surface area contributed by atoms with Crippen LogP contribution in [0.3, 0.4) is 0 Å². The highest BCUT2D eigenvalue weighted by Crippen LogP contribution is 2.25. The zero-order chi connectivity index (χ0) is 9.78. The van der Waals surface area contributed by atoms with Gasteiger partial charge >= 0.3 is 0 Å². The summed E-state index contributed by atoms with van der Waals surface area (Å²) in [7, 11) is 0. The Labute approximate surface area is 86.7 Å². The highest BCUT2D eigenvalue weighted by molar-refractivity contribution is 7.81. The van der Waals surface area contributed by atoms with Gasteiger partial charge in [-0.1, -0.05) is 52.1 Å². The van der Waals surface area contributed by atoms with Crippen molar-refractivity contribution in [2.45, 2.75) is 40.5 Å². The molecule has 0 amide bonds. The SMILES string of the molecule is CCC(C)(C=S)C(=S)CC(C)C. The van der Waals surface area contributed by atoms with Crippen LogP contribution in [-0.4, -0.2) is 10.2 Å². The van der Waals surface area contributed by atoms with Crippen LogP contribution >= 0.6 is 24.4 Å². The molecule has 0 aromatic rings. The maximum absolute atomic E-state index is 5.37. The van der Waals surface area contributed by atoms with Crippen molar-refractivity contribution in [3.63, 3.8) is 0 Å². The van der Waals surface area contributed by atoms with Crippen molar-refractivity contribution < 1.29 is 0 Å². The first-order chi connectivity index (χ1) is 5.46. The number of hydrogen-bond acceptors (Lipinski definition) is 2. The van der Waals surface area contributed by atoms with Gasteiger partial charge < -0.3 is 0 Å². The molecule has 0 aromatic heterocycles. The van der Waals surface area contributed by atoms with E-state index >= 15 is 0 Å². The van der Waals surface area contributed by atoms with E-state index in [0.29, 0.717) is 5.92 Å². The lowest BCUT2D eigenvalue weighted by molar-refractivity contribution is 0.597. The first kappa shape index (κ1) is 12.2. The van der Waals surface area contributed by atoms with E-state index in [9.17, 15) is 0 Å². The summed E-state index contributed by atoms with van der Waals surface area (Å²) >= 11 is 10.4. The van der Waals surface area contributed by atoms with Crippen LogP contribution < -0.4 is 0 Å². The van der Waals surface area contributed by atoms with E-state index in [1.54, 1.807) is 0 Å². The zero-order valence-electron chi connectivity index (χ0n) is 8.39. The monoisotopic (exact) mass is 202 g/mol. The lowest BCUT2D eigenvalue weighted by atomic mass is 9.83. The van der Waals surface area contributed by atoms with E-state index in [1.807, 2.05) is 5.37 Å². The maximum Gasteiger partial charge on any atom is 0.0269 e. The van der Waals surface area contributed by atoms with E-state index in [4.69, 9.17) is 24.4 Å². The average molecular weight is 202 g/mol. The van der Waals surface area contributed by atoms with Crippen LogP contribution in [0.25, 0.3) is 0 Å².